The Bertz CT molecular complexity index is 88.3. The van der Waals surface area contributed by atoms with E-state index in [0.717, 1.165) is 6.42 Å². The van der Waals surface area contributed by atoms with Gasteiger partial charge in [-0.05, 0) is 12.5 Å². The van der Waals surface area contributed by atoms with Crippen molar-refractivity contribution in [3.8, 4) is 0 Å². The Kier molecular flexibility index (Phi) is 5.01. The molecule has 3 heteroatoms. The van der Waals surface area contributed by atoms with E-state index in [1.165, 1.54) is 6.08 Å². The molecule has 9 heavy (non-hydrogen) atoms. The largest absolute Gasteiger partial charge is 0.481 e. The van der Waals surface area contributed by atoms with Gasteiger partial charge in [0.05, 0.1) is 6.61 Å². The van der Waals surface area contributed by atoms with E-state index >= 15 is 0 Å². The van der Waals surface area contributed by atoms with Gasteiger partial charge in [-0.25, -0.2) is 0 Å². The standard InChI is InChI=1S/C6H12O3/c1-2-3-6(8)9-5-4-7/h3,7-8H,2,4-5H2,1H3. The average Bonchev–Trinajstić information content (AvgIpc) is 1.85. The molecule has 0 amide bonds. The molecule has 0 saturated heterocycles. The lowest BCUT2D eigenvalue weighted by molar-refractivity contribution is 0.0654. The maximum Gasteiger partial charge on any atom is 0.272 e. The third-order valence-corrected chi connectivity index (χ3v) is 0.720. The number of hydrogen-bond donors (Lipinski definition) is 2. The van der Waals surface area contributed by atoms with E-state index < -0.39 is 0 Å². The van der Waals surface area contributed by atoms with Crippen molar-refractivity contribution in [3.63, 3.8) is 0 Å². The summed E-state index contributed by atoms with van der Waals surface area (Å²) < 4.78 is 4.60. The minimum atomic E-state index is -0.105. The molecular weight excluding hydrogens is 120 g/mol. The zero-order chi connectivity index (χ0) is 7.11. The molecule has 0 aromatic heterocycles. The van der Waals surface area contributed by atoms with Crippen LogP contribution in [-0.4, -0.2) is 23.4 Å². The number of rotatable bonds is 4. The Balaban J connectivity index is 3.25. The monoisotopic (exact) mass is 132 g/mol. The summed E-state index contributed by atoms with van der Waals surface area (Å²) in [7, 11) is 0. The molecule has 2 N–H and O–H groups in total. The summed E-state index contributed by atoms with van der Waals surface area (Å²) in [5, 5.41) is 16.9. The summed E-state index contributed by atoms with van der Waals surface area (Å²) >= 11 is 0. The van der Waals surface area contributed by atoms with E-state index in [-0.39, 0.29) is 19.2 Å². The average molecular weight is 132 g/mol. The SMILES string of the molecule is CCC=C(O)OCCO. The zero-order valence-electron chi connectivity index (χ0n) is 5.50. The van der Waals surface area contributed by atoms with Gasteiger partial charge in [-0.3, -0.25) is 0 Å². The van der Waals surface area contributed by atoms with E-state index in [0.29, 0.717) is 0 Å². The van der Waals surface area contributed by atoms with Crippen LogP contribution in [0.15, 0.2) is 12.0 Å². The normalized spacial score (nSPS) is 11.6. The van der Waals surface area contributed by atoms with E-state index in [1.54, 1.807) is 0 Å². The summed E-state index contributed by atoms with van der Waals surface area (Å²) in [5.74, 6) is -0.105. The molecule has 0 aliphatic carbocycles. The highest BCUT2D eigenvalue weighted by molar-refractivity contribution is 4.79. The number of allylic oxidation sites excluding steroid dienone is 1. The van der Waals surface area contributed by atoms with Crippen molar-refractivity contribution in [2.24, 2.45) is 0 Å². The highest BCUT2D eigenvalue weighted by Gasteiger charge is 1.88. The number of hydrogen-bond acceptors (Lipinski definition) is 3. The molecule has 54 valence electrons. The second-order valence-corrected chi connectivity index (χ2v) is 1.52. The van der Waals surface area contributed by atoms with E-state index in [4.69, 9.17) is 10.2 Å². The maximum absolute atomic E-state index is 8.71. The predicted octanol–water partition coefficient (Wildman–Crippen LogP) is 0.805. The second kappa shape index (κ2) is 5.44. The van der Waals surface area contributed by atoms with Gasteiger partial charge in [0.25, 0.3) is 5.95 Å². The van der Waals surface area contributed by atoms with Crippen molar-refractivity contribution in [1.82, 2.24) is 0 Å². The molecule has 0 heterocycles. The van der Waals surface area contributed by atoms with Crippen LogP contribution >= 0.6 is 0 Å². The Morgan fingerprint density at radius 2 is 2.33 bits per heavy atom. The van der Waals surface area contributed by atoms with Crippen molar-refractivity contribution in [1.29, 1.82) is 0 Å². The Labute approximate surface area is 54.6 Å². The fourth-order valence-electron chi connectivity index (χ4n) is 0.384. The first kappa shape index (κ1) is 8.30. The molecule has 0 spiro atoms. The fourth-order valence-corrected chi connectivity index (χ4v) is 0.384. The van der Waals surface area contributed by atoms with E-state index in [1.807, 2.05) is 6.92 Å². The molecular formula is C6H12O3. The van der Waals surface area contributed by atoms with Crippen LogP contribution in [0.3, 0.4) is 0 Å². The van der Waals surface area contributed by atoms with Crippen molar-refractivity contribution in [2.45, 2.75) is 13.3 Å². The summed E-state index contributed by atoms with van der Waals surface area (Å²) in [6, 6.07) is 0. The highest BCUT2D eigenvalue weighted by Crippen LogP contribution is 1.92. The van der Waals surface area contributed by atoms with Gasteiger partial charge in [0.2, 0.25) is 0 Å². The van der Waals surface area contributed by atoms with Crippen molar-refractivity contribution >= 4 is 0 Å². The Hall–Kier alpha value is -0.700. The molecule has 0 aromatic rings. The van der Waals surface area contributed by atoms with Gasteiger partial charge in [0.1, 0.15) is 6.61 Å². The predicted molar refractivity (Wildman–Crippen MR) is 34.0 cm³/mol. The zero-order valence-corrected chi connectivity index (χ0v) is 5.50. The molecule has 0 rings (SSSR count). The van der Waals surface area contributed by atoms with Crippen molar-refractivity contribution in [3.05, 3.63) is 12.0 Å². The van der Waals surface area contributed by atoms with Crippen LogP contribution in [0, 0.1) is 0 Å². The first-order chi connectivity index (χ1) is 4.31. The summed E-state index contributed by atoms with van der Waals surface area (Å²) in [4.78, 5) is 0. The minimum absolute atomic E-state index is 0.0678. The van der Waals surface area contributed by atoms with Crippen LogP contribution < -0.4 is 0 Å². The fraction of sp³-hybridized carbons (Fsp3) is 0.667. The maximum atomic E-state index is 8.71. The molecule has 0 bridgehead atoms. The van der Waals surface area contributed by atoms with Gasteiger partial charge >= 0.3 is 0 Å². The van der Waals surface area contributed by atoms with Gasteiger partial charge in [0.15, 0.2) is 0 Å². The lowest BCUT2D eigenvalue weighted by Gasteiger charge is -1.99. The third-order valence-electron chi connectivity index (χ3n) is 0.720. The van der Waals surface area contributed by atoms with Gasteiger partial charge in [-0.1, -0.05) is 6.92 Å². The van der Waals surface area contributed by atoms with E-state index in [2.05, 4.69) is 4.74 Å². The molecule has 0 aliphatic rings. The first-order valence-electron chi connectivity index (χ1n) is 2.94. The van der Waals surface area contributed by atoms with Crippen LogP contribution in [0.1, 0.15) is 13.3 Å². The molecule has 0 aliphatic heterocycles. The molecule has 0 saturated carbocycles. The third kappa shape index (κ3) is 5.17. The van der Waals surface area contributed by atoms with Crippen LogP contribution in [0.25, 0.3) is 0 Å². The van der Waals surface area contributed by atoms with Gasteiger partial charge in [-0.2, -0.15) is 0 Å². The number of aliphatic hydroxyl groups is 2. The van der Waals surface area contributed by atoms with Crippen LogP contribution in [-0.2, 0) is 4.74 Å². The van der Waals surface area contributed by atoms with Gasteiger partial charge in [-0.15, -0.1) is 0 Å². The molecule has 3 nitrogen and oxygen atoms in total. The van der Waals surface area contributed by atoms with Crippen LogP contribution in [0.2, 0.25) is 0 Å². The second-order valence-electron chi connectivity index (χ2n) is 1.52. The Morgan fingerprint density at radius 3 is 2.78 bits per heavy atom. The highest BCUT2D eigenvalue weighted by atomic mass is 16.6. The summed E-state index contributed by atoms with van der Waals surface area (Å²) in [6.07, 6.45) is 2.27. The van der Waals surface area contributed by atoms with Crippen LogP contribution in [0.4, 0.5) is 0 Å². The smallest absolute Gasteiger partial charge is 0.272 e. The quantitative estimate of drug-likeness (QED) is 0.556. The van der Waals surface area contributed by atoms with Crippen molar-refractivity contribution in [2.75, 3.05) is 13.2 Å². The van der Waals surface area contributed by atoms with E-state index in [9.17, 15) is 0 Å². The molecule has 0 fully saturated rings. The molecule has 0 aromatic carbocycles. The number of aliphatic hydroxyl groups excluding tert-OH is 2. The summed E-state index contributed by atoms with van der Waals surface area (Å²) in [5.41, 5.74) is 0. The molecule has 0 unspecified atom stereocenters. The summed E-state index contributed by atoms with van der Waals surface area (Å²) in [6.45, 7) is 1.97. The lowest BCUT2D eigenvalue weighted by atomic mass is 10.5. The minimum Gasteiger partial charge on any atom is -0.481 e. The number of ether oxygens (including phenoxy) is 1. The molecule has 0 radical (unpaired) electrons. The Morgan fingerprint density at radius 1 is 1.67 bits per heavy atom. The van der Waals surface area contributed by atoms with Crippen molar-refractivity contribution < 1.29 is 14.9 Å². The van der Waals surface area contributed by atoms with Crippen LogP contribution in [0.5, 0.6) is 0 Å². The van der Waals surface area contributed by atoms with Gasteiger partial charge in [0, 0.05) is 0 Å². The topological polar surface area (TPSA) is 49.7 Å². The van der Waals surface area contributed by atoms with Gasteiger partial charge < -0.3 is 14.9 Å². The first-order valence-corrected chi connectivity index (χ1v) is 2.94. The molecule has 0 atom stereocenters. The lowest BCUT2D eigenvalue weighted by Crippen LogP contribution is -1.98.